The minimum atomic E-state index is -1.12. The van der Waals surface area contributed by atoms with Crippen molar-refractivity contribution in [3.05, 3.63) is 90.0 Å². The van der Waals surface area contributed by atoms with E-state index in [1.54, 1.807) is 66.7 Å². The molecule has 166 valence electrons. The van der Waals surface area contributed by atoms with Crippen molar-refractivity contribution in [1.29, 1.82) is 0 Å². The summed E-state index contributed by atoms with van der Waals surface area (Å²) in [6, 6.07) is 21.3. The fourth-order valence-corrected chi connectivity index (χ4v) is 4.46. The highest BCUT2D eigenvalue weighted by atomic mass is 16.7. The summed E-state index contributed by atoms with van der Waals surface area (Å²) in [5, 5.41) is 11.3. The van der Waals surface area contributed by atoms with E-state index in [1.807, 2.05) is 6.07 Å². The summed E-state index contributed by atoms with van der Waals surface area (Å²) in [5.74, 6) is -2.38. The average Bonchev–Trinajstić information content (AvgIpc) is 3.35. The van der Waals surface area contributed by atoms with Crippen LogP contribution in [0.5, 0.6) is 5.75 Å². The minimum absolute atomic E-state index is 0.0517. The number of para-hydroxylation sites is 1. The molecule has 33 heavy (non-hydrogen) atoms. The Morgan fingerprint density at radius 1 is 0.879 bits per heavy atom. The largest absolute Gasteiger partial charge is 0.497 e. The number of hydrogen-bond acceptors (Lipinski definition) is 6. The van der Waals surface area contributed by atoms with Gasteiger partial charge in [-0.2, -0.15) is 0 Å². The number of carbonyl (C=O) groups excluding carboxylic acids is 2. The van der Waals surface area contributed by atoms with Crippen LogP contribution in [0.2, 0.25) is 0 Å². The van der Waals surface area contributed by atoms with Crippen molar-refractivity contribution in [1.82, 2.24) is 0 Å². The van der Waals surface area contributed by atoms with Crippen LogP contribution in [0.15, 0.2) is 78.9 Å². The summed E-state index contributed by atoms with van der Waals surface area (Å²) in [6.45, 7) is 0. The van der Waals surface area contributed by atoms with Gasteiger partial charge in [0.2, 0.25) is 5.91 Å². The number of hydroxylamine groups is 1. The van der Waals surface area contributed by atoms with Gasteiger partial charge in [-0.25, -0.2) is 14.8 Å². The third-order valence-corrected chi connectivity index (χ3v) is 5.97. The number of anilines is 2. The lowest BCUT2D eigenvalue weighted by Gasteiger charge is -2.29. The molecule has 2 aliphatic heterocycles. The zero-order valence-corrected chi connectivity index (χ0v) is 17.6. The molecule has 8 nitrogen and oxygen atoms in total. The lowest BCUT2D eigenvalue weighted by molar-refractivity contribution is -0.126. The van der Waals surface area contributed by atoms with Crippen LogP contribution in [0.25, 0.3) is 0 Å². The first kappa shape index (κ1) is 20.7. The predicted molar refractivity (Wildman–Crippen MR) is 119 cm³/mol. The second-order valence-electron chi connectivity index (χ2n) is 7.76. The van der Waals surface area contributed by atoms with E-state index < -0.39 is 35.8 Å². The zero-order valence-electron chi connectivity index (χ0n) is 17.6. The van der Waals surface area contributed by atoms with Crippen LogP contribution < -0.4 is 14.7 Å². The summed E-state index contributed by atoms with van der Waals surface area (Å²) in [5.41, 5.74) is 1.48. The van der Waals surface area contributed by atoms with E-state index in [-0.39, 0.29) is 5.56 Å². The Labute approximate surface area is 189 Å². The molecule has 3 atom stereocenters. The molecule has 2 amide bonds. The third-order valence-electron chi connectivity index (χ3n) is 5.97. The molecule has 0 bridgehead atoms. The fraction of sp³-hybridized carbons (Fsp3) is 0.160. The maximum atomic E-state index is 13.6. The first-order valence-corrected chi connectivity index (χ1v) is 10.4. The number of nitrogens with zero attached hydrogens (tertiary/aromatic N) is 2. The Morgan fingerprint density at radius 2 is 1.55 bits per heavy atom. The van der Waals surface area contributed by atoms with Crippen LogP contribution in [0.4, 0.5) is 11.4 Å². The van der Waals surface area contributed by atoms with Gasteiger partial charge in [0.1, 0.15) is 11.7 Å². The Balaban J connectivity index is 1.61. The van der Waals surface area contributed by atoms with Crippen molar-refractivity contribution < 1.29 is 29.1 Å². The van der Waals surface area contributed by atoms with Gasteiger partial charge in [-0.05, 0) is 48.0 Å². The Kier molecular flexibility index (Phi) is 5.07. The molecule has 0 saturated carbocycles. The molecule has 3 aromatic rings. The smallest absolute Gasteiger partial charge is 0.336 e. The van der Waals surface area contributed by atoms with E-state index >= 15 is 0 Å². The lowest BCUT2D eigenvalue weighted by Crippen LogP contribution is -2.37. The number of amides is 2. The number of carbonyl (C=O) groups is 3. The Hall–Kier alpha value is -4.17. The molecule has 0 aromatic heterocycles. The Bertz CT molecular complexity index is 1230. The molecule has 0 spiro atoms. The lowest BCUT2D eigenvalue weighted by atomic mass is 9.88. The van der Waals surface area contributed by atoms with Gasteiger partial charge >= 0.3 is 5.97 Å². The molecule has 5 rings (SSSR count). The molecule has 0 unspecified atom stereocenters. The SMILES string of the molecule is COc1ccc(N2C(=O)[C@H]3[C@H](ON(c4ccccc4)[C@H]3c3ccccc3C(=O)O)C2=O)cc1. The van der Waals surface area contributed by atoms with Crippen LogP contribution in [0.3, 0.4) is 0 Å². The second kappa shape index (κ2) is 8.07. The van der Waals surface area contributed by atoms with Crippen molar-refractivity contribution in [2.45, 2.75) is 12.1 Å². The molecule has 2 aliphatic rings. The highest BCUT2D eigenvalue weighted by molar-refractivity contribution is 6.24. The molecule has 8 heteroatoms. The highest BCUT2D eigenvalue weighted by Crippen LogP contribution is 2.48. The second-order valence-corrected chi connectivity index (χ2v) is 7.76. The van der Waals surface area contributed by atoms with Crippen molar-refractivity contribution in [3.63, 3.8) is 0 Å². The minimum Gasteiger partial charge on any atom is -0.497 e. The summed E-state index contributed by atoms with van der Waals surface area (Å²) < 4.78 is 5.16. The number of ether oxygens (including phenoxy) is 1. The van der Waals surface area contributed by atoms with E-state index in [1.165, 1.54) is 18.2 Å². The maximum Gasteiger partial charge on any atom is 0.336 e. The summed E-state index contributed by atoms with van der Waals surface area (Å²) in [6.07, 6.45) is -1.08. The first-order chi connectivity index (χ1) is 16.0. The number of aromatic carboxylic acids is 1. The summed E-state index contributed by atoms with van der Waals surface area (Å²) in [7, 11) is 1.53. The molecule has 1 N–H and O–H groups in total. The Morgan fingerprint density at radius 3 is 2.21 bits per heavy atom. The number of carboxylic acid groups (broad SMARTS) is 1. The van der Waals surface area contributed by atoms with Crippen molar-refractivity contribution in [2.24, 2.45) is 5.92 Å². The average molecular weight is 444 g/mol. The van der Waals surface area contributed by atoms with Gasteiger partial charge in [0.05, 0.1) is 30.1 Å². The zero-order chi connectivity index (χ0) is 23.1. The number of rotatable bonds is 5. The van der Waals surface area contributed by atoms with Crippen LogP contribution in [0.1, 0.15) is 22.0 Å². The summed E-state index contributed by atoms with van der Waals surface area (Å²) >= 11 is 0. The van der Waals surface area contributed by atoms with Gasteiger partial charge in [-0.15, -0.1) is 0 Å². The molecule has 0 radical (unpaired) electrons. The molecule has 2 fully saturated rings. The van der Waals surface area contributed by atoms with Gasteiger partial charge in [-0.3, -0.25) is 14.4 Å². The number of methoxy groups -OCH3 is 1. The summed E-state index contributed by atoms with van der Waals surface area (Å²) in [4.78, 5) is 46.1. The van der Waals surface area contributed by atoms with Gasteiger partial charge < -0.3 is 9.84 Å². The molecule has 3 aromatic carbocycles. The third kappa shape index (κ3) is 3.32. The van der Waals surface area contributed by atoms with E-state index in [0.717, 1.165) is 4.90 Å². The number of carboxylic acids is 1. The predicted octanol–water partition coefficient (Wildman–Crippen LogP) is 3.44. The monoisotopic (exact) mass is 444 g/mol. The van der Waals surface area contributed by atoms with Crippen LogP contribution in [0, 0.1) is 5.92 Å². The molecule has 0 aliphatic carbocycles. The van der Waals surface area contributed by atoms with Gasteiger partial charge in [-0.1, -0.05) is 36.4 Å². The first-order valence-electron chi connectivity index (χ1n) is 10.4. The van der Waals surface area contributed by atoms with E-state index in [9.17, 15) is 19.5 Å². The van der Waals surface area contributed by atoms with Crippen molar-refractivity contribution >= 4 is 29.2 Å². The van der Waals surface area contributed by atoms with Crippen molar-refractivity contribution in [3.8, 4) is 5.75 Å². The number of fused-ring (bicyclic) bond motifs is 1. The molecule has 2 heterocycles. The quantitative estimate of drug-likeness (QED) is 0.602. The molecular weight excluding hydrogens is 424 g/mol. The fourth-order valence-electron chi connectivity index (χ4n) is 4.46. The van der Waals surface area contributed by atoms with E-state index in [4.69, 9.17) is 9.57 Å². The number of imide groups is 1. The maximum absolute atomic E-state index is 13.6. The number of benzene rings is 3. The number of hydrogen-bond donors (Lipinski definition) is 1. The van der Waals surface area contributed by atoms with E-state index in [0.29, 0.717) is 22.7 Å². The molecular formula is C25H20N2O6. The highest BCUT2D eigenvalue weighted by Gasteiger charge is 2.60. The molecule has 2 saturated heterocycles. The normalized spacial score (nSPS) is 21.9. The standard InChI is InChI=1S/C25H20N2O6/c1-32-17-13-11-15(12-14-17)26-23(28)20-21(18-9-5-6-10-19(18)25(30)31)27(33-22(20)24(26)29)16-7-3-2-4-8-16/h2-14,20-22H,1H3,(H,30,31)/t20-,21+,22+/m1/s1. The topological polar surface area (TPSA) is 96.4 Å². The van der Waals surface area contributed by atoms with Gasteiger partial charge in [0, 0.05) is 0 Å². The van der Waals surface area contributed by atoms with Gasteiger partial charge in [0.25, 0.3) is 5.91 Å². The van der Waals surface area contributed by atoms with Crippen LogP contribution >= 0.6 is 0 Å². The van der Waals surface area contributed by atoms with Crippen LogP contribution in [-0.4, -0.2) is 36.1 Å². The van der Waals surface area contributed by atoms with E-state index in [2.05, 4.69) is 0 Å². The van der Waals surface area contributed by atoms with Gasteiger partial charge in [0.15, 0.2) is 6.10 Å². The van der Waals surface area contributed by atoms with Crippen molar-refractivity contribution in [2.75, 3.05) is 17.1 Å². The van der Waals surface area contributed by atoms with Crippen LogP contribution in [-0.2, 0) is 14.4 Å².